The van der Waals surface area contributed by atoms with Gasteiger partial charge in [0.05, 0.1) is 5.56 Å². The van der Waals surface area contributed by atoms with Crippen LogP contribution in [0.1, 0.15) is 5.56 Å². The summed E-state index contributed by atoms with van der Waals surface area (Å²) in [5, 5.41) is 0. The minimum absolute atomic E-state index is 0.0682. The number of benzene rings is 1. The van der Waals surface area contributed by atoms with Crippen molar-refractivity contribution in [1.82, 2.24) is 9.80 Å². The third-order valence-electron chi connectivity index (χ3n) is 4.74. The Labute approximate surface area is 139 Å². The van der Waals surface area contributed by atoms with E-state index in [0.717, 1.165) is 37.5 Å². The summed E-state index contributed by atoms with van der Waals surface area (Å²) >= 11 is 0. The van der Waals surface area contributed by atoms with E-state index in [1.807, 2.05) is 0 Å². The molecule has 2 aliphatic rings. The van der Waals surface area contributed by atoms with Gasteiger partial charge in [0, 0.05) is 51.0 Å². The number of carbonyl (C=O) groups is 1. The molecule has 1 aromatic rings. The smallest absolute Gasteiger partial charge is 0.369 e. The van der Waals surface area contributed by atoms with Crippen LogP contribution in [0.4, 0.5) is 18.9 Å². The average molecular weight is 339 g/mol. The standard InChI is InChI=1S/C17H20F3N3O/c1-2-16(24)23-10-8-21-7-9-22(11-15(21)12-23)14-5-3-13(4-6-14)17(18,19)20/h2-6,15H,1,7-12H2. The Morgan fingerprint density at radius 2 is 1.75 bits per heavy atom. The van der Waals surface area contributed by atoms with E-state index in [2.05, 4.69) is 16.4 Å². The van der Waals surface area contributed by atoms with Crippen molar-refractivity contribution >= 4 is 11.6 Å². The van der Waals surface area contributed by atoms with Gasteiger partial charge < -0.3 is 9.80 Å². The molecule has 2 fully saturated rings. The fourth-order valence-corrected chi connectivity index (χ4v) is 3.38. The Bertz CT molecular complexity index is 615. The van der Waals surface area contributed by atoms with Gasteiger partial charge in [0.1, 0.15) is 0 Å². The molecule has 0 spiro atoms. The van der Waals surface area contributed by atoms with Crippen molar-refractivity contribution in [2.45, 2.75) is 12.2 Å². The monoisotopic (exact) mass is 339 g/mol. The van der Waals surface area contributed by atoms with Crippen LogP contribution in [-0.2, 0) is 11.0 Å². The zero-order valence-electron chi connectivity index (χ0n) is 13.3. The highest BCUT2D eigenvalue weighted by atomic mass is 19.4. The third kappa shape index (κ3) is 3.40. The average Bonchev–Trinajstić information content (AvgIpc) is 2.59. The number of hydrogen-bond acceptors (Lipinski definition) is 3. The van der Waals surface area contributed by atoms with E-state index in [-0.39, 0.29) is 11.9 Å². The summed E-state index contributed by atoms with van der Waals surface area (Å²) in [6.07, 6.45) is -2.99. The first-order valence-corrected chi connectivity index (χ1v) is 7.96. The molecule has 1 unspecified atom stereocenters. The van der Waals surface area contributed by atoms with Crippen molar-refractivity contribution in [3.8, 4) is 0 Å². The van der Waals surface area contributed by atoms with Crippen molar-refractivity contribution in [2.75, 3.05) is 44.2 Å². The molecule has 2 heterocycles. The maximum atomic E-state index is 12.7. The summed E-state index contributed by atoms with van der Waals surface area (Å²) in [5.41, 5.74) is 0.153. The van der Waals surface area contributed by atoms with E-state index in [1.165, 1.54) is 18.2 Å². The first kappa shape index (κ1) is 16.8. The number of amides is 1. The predicted octanol–water partition coefficient (Wildman–Crippen LogP) is 2.22. The van der Waals surface area contributed by atoms with Crippen LogP contribution in [0, 0.1) is 0 Å². The molecule has 4 nitrogen and oxygen atoms in total. The lowest BCUT2D eigenvalue weighted by Crippen LogP contribution is -2.62. The Balaban J connectivity index is 1.68. The van der Waals surface area contributed by atoms with Gasteiger partial charge in [-0.3, -0.25) is 9.69 Å². The predicted molar refractivity (Wildman–Crippen MR) is 85.8 cm³/mol. The fourth-order valence-electron chi connectivity index (χ4n) is 3.38. The maximum absolute atomic E-state index is 12.7. The second kappa shape index (κ2) is 6.47. The van der Waals surface area contributed by atoms with Gasteiger partial charge in [0.25, 0.3) is 0 Å². The van der Waals surface area contributed by atoms with Crippen LogP contribution in [0.15, 0.2) is 36.9 Å². The molecule has 130 valence electrons. The van der Waals surface area contributed by atoms with E-state index >= 15 is 0 Å². The quantitative estimate of drug-likeness (QED) is 0.773. The maximum Gasteiger partial charge on any atom is 0.416 e. The van der Waals surface area contributed by atoms with Crippen molar-refractivity contribution in [3.05, 3.63) is 42.5 Å². The second-order valence-corrected chi connectivity index (χ2v) is 6.17. The Morgan fingerprint density at radius 3 is 2.38 bits per heavy atom. The molecule has 2 aliphatic heterocycles. The van der Waals surface area contributed by atoms with E-state index < -0.39 is 11.7 Å². The van der Waals surface area contributed by atoms with Crippen LogP contribution < -0.4 is 4.90 Å². The lowest BCUT2D eigenvalue weighted by molar-refractivity contribution is -0.137. The number of carbonyl (C=O) groups excluding carboxylic acids is 1. The van der Waals surface area contributed by atoms with E-state index in [1.54, 1.807) is 4.90 Å². The van der Waals surface area contributed by atoms with Crippen LogP contribution in [0.2, 0.25) is 0 Å². The Kier molecular flexibility index (Phi) is 4.54. The summed E-state index contributed by atoms with van der Waals surface area (Å²) in [4.78, 5) is 18.0. The van der Waals surface area contributed by atoms with Gasteiger partial charge in [0.2, 0.25) is 5.91 Å². The number of alkyl halides is 3. The van der Waals surface area contributed by atoms with Crippen LogP contribution in [-0.4, -0.2) is 61.0 Å². The molecule has 1 amide bonds. The molecule has 0 radical (unpaired) electrons. The van der Waals surface area contributed by atoms with Gasteiger partial charge in [-0.2, -0.15) is 13.2 Å². The first-order chi connectivity index (χ1) is 11.4. The molecule has 3 rings (SSSR count). The van der Waals surface area contributed by atoms with Gasteiger partial charge in [-0.15, -0.1) is 0 Å². The van der Waals surface area contributed by atoms with Crippen LogP contribution in [0.5, 0.6) is 0 Å². The molecular formula is C17H20F3N3O. The number of rotatable bonds is 2. The van der Waals surface area contributed by atoms with E-state index in [4.69, 9.17) is 0 Å². The highest BCUT2D eigenvalue weighted by molar-refractivity contribution is 5.87. The number of hydrogen-bond donors (Lipinski definition) is 0. The largest absolute Gasteiger partial charge is 0.416 e. The zero-order chi connectivity index (χ0) is 17.3. The lowest BCUT2D eigenvalue weighted by Gasteiger charge is -2.47. The van der Waals surface area contributed by atoms with Gasteiger partial charge in [-0.25, -0.2) is 0 Å². The highest BCUT2D eigenvalue weighted by Gasteiger charge is 2.34. The van der Waals surface area contributed by atoms with Crippen molar-refractivity contribution in [3.63, 3.8) is 0 Å². The van der Waals surface area contributed by atoms with Crippen LogP contribution in [0.25, 0.3) is 0 Å². The molecule has 7 heteroatoms. The van der Waals surface area contributed by atoms with Gasteiger partial charge in [0.15, 0.2) is 0 Å². The Hall–Kier alpha value is -2.02. The molecule has 0 saturated carbocycles. The SMILES string of the molecule is C=CC(=O)N1CCN2CCN(c3ccc(C(F)(F)F)cc3)CC2C1. The minimum atomic E-state index is -4.31. The van der Waals surface area contributed by atoms with Gasteiger partial charge in [-0.1, -0.05) is 6.58 Å². The molecule has 2 saturated heterocycles. The van der Waals surface area contributed by atoms with Crippen molar-refractivity contribution in [1.29, 1.82) is 0 Å². The van der Waals surface area contributed by atoms with E-state index in [9.17, 15) is 18.0 Å². The van der Waals surface area contributed by atoms with Crippen molar-refractivity contribution < 1.29 is 18.0 Å². The number of nitrogens with zero attached hydrogens (tertiary/aromatic N) is 3. The molecule has 0 bridgehead atoms. The van der Waals surface area contributed by atoms with Gasteiger partial charge in [-0.05, 0) is 30.3 Å². The minimum Gasteiger partial charge on any atom is -0.369 e. The molecule has 1 atom stereocenters. The molecular weight excluding hydrogens is 319 g/mol. The second-order valence-electron chi connectivity index (χ2n) is 6.17. The van der Waals surface area contributed by atoms with E-state index in [0.29, 0.717) is 19.6 Å². The number of halogens is 3. The van der Waals surface area contributed by atoms with Crippen molar-refractivity contribution in [2.24, 2.45) is 0 Å². The zero-order valence-corrected chi connectivity index (χ0v) is 13.3. The summed E-state index contributed by atoms with van der Waals surface area (Å²) in [6, 6.07) is 5.48. The topological polar surface area (TPSA) is 26.8 Å². The highest BCUT2D eigenvalue weighted by Crippen LogP contribution is 2.31. The Morgan fingerprint density at radius 1 is 1.08 bits per heavy atom. The lowest BCUT2D eigenvalue weighted by atomic mass is 10.1. The van der Waals surface area contributed by atoms with Crippen LogP contribution in [0.3, 0.4) is 0 Å². The number of fused-ring (bicyclic) bond motifs is 1. The van der Waals surface area contributed by atoms with Gasteiger partial charge >= 0.3 is 6.18 Å². The van der Waals surface area contributed by atoms with Crippen LogP contribution >= 0.6 is 0 Å². The normalized spacial score (nSPS) is 22.2. The molecule has 0 N–H and O–H groups in total. The number of anilines is 1. The molecule has 24 heavy (non-hydrogen) atoms. The summed E-state index contributed by atoms with van der Waals surface area (Å²) in [6.45, 7) is 8.00. The number of piperazine rings is 2. The summed E-state index contributed by atoms with van der Waals surface area (Å²) < 4.78 is 38.0. The third-order valence-corrected chi connectivity index (χ3v) is 4.74. The fraction of sp³-hybridized carbons (Fsp3) is 0.471. The summed E-state index contributed by atoms with van der Waals surface area (Å²) in [7, 11) is 0. The molecule has 0 aromatic heterocycles. The molecule has 0 aliphatic carbocycles. The summed E-state index contributed by atoms with van der Waals surface area (Å²) in [5.74, 6) is -0.0682. The molecule has 1 aromatic carbocycles. The first-order valence-electron chi connectivity index (χ1n) is 7.96.